The van der Waals surface area contributed by atoms with Crippen molar-refractivity contribution in [2.45, 2.75) is 41.8 Å². The van der Waals surface area contributed by atoms with Gasteiger partial charge in [-0.05, 0) is 0 Å². The van der Waals surface area contributed by atoms with Crippen LogP contribution in [-0.4, -0.2) is 98.0 Å². The lowest BCUT2D eigenvalue weighted by Gasteiger charge is -2.34. The minimum Gasteiger partial charge on any atom is -0.395 e. The van der Waals surface area contributed by atoms with Crippen molar-refractivity contribution in [3.8, 4) is 0 Å². The molecule has 6 heterocycles. The molecule has 0 bridgehead atoms. The summed E-state index contributed by atoms with van der Waals surface area (Å²) >= 11 is 4.96. The zero-order chi connectivity index (χ0) is 30.0. The van der Waals surface area contributed by atoms with Crippen LogP contribution in [0.15, 0.2) is 23.8 Å². The number of aliphatic hydroxyl groups excluding tert-OH is 2. The molecular formula is C20H23F2N10O7PS2. The number of H-pyrrole nitrogens is 1. The number of nitrogens with two attached hydrogens (primary N) is 2. The zero-order valence-corrected chi connectivity index (χ0v) is 23.7. The molecule has 1 unspecified atom stereocenters. The van der Waals surface area contributed by atoms with Crippen molar-refractivity contribution in [3.63, 3.8) is 0 Å². The fraction of sp³-hybridized carbons (Fsp3) is 0.500. The van der Waals surface area contributed by atoms with Crippen LogP contribution >= 0.6 is 30.8 Å². The number of hydrogen-bond donors (Lipinski definition) is 6. The number of fused-ring (bicyclic) bond motifs is 2. The van der Waals surface area contributed by atoms with Crippen molar-refractivity contribution in [1.82, 2.24) is 39.0 Å². The van der Waals surface area contributed by atoms with Gasteiger partial charge in [-0.1, -0.05) is 12.2 Å². The number of thioether (sulfide) groups is 1. The number of hydrogen-bond acceptors (Lipinski definition) is 15. The molecule has 4 aromatic heterocycles. The van der Waals surface area contributed by atoms with Crippen LogP contribution in [0.5, 0.6) is 0 Å². The summed E-state index contributed by atoms with van der Waals surface area (Å²) in [5.74, 6) is -0.470. The van der Waals surface area contributed by atoms with Gasteiger partial charge in [0, 0.05) is 5.75 Å². The van der Waals surface area contributed by atoms with E-state index in [0.717, 1.165) is 29.0 Å². The van der Waals surface area contributed by atoms with E-state index in [0.29, 0.717) is 0 Å². The number of nitrogens with one attached hydrogen (secondary N) is 1. The van der Waals surface area contributed by atoms with Crippen molar-refractivity contribution < 1.29 is 37.3 Å². The summed E-state index contributed by atoms with van der Waals surface area (Å²) in [6, 6.07) is 0. The van der Waals surface area contributed by atoms with Crippen molar-refractivity contribution in [1.29, 1.82) is 0 Å². The number of aromatic amines is 1. The Balaban J connectivity index is 1.25. The van der Waals surface area contributed by atoms with Crippen LogP contribution in [0.25, 0.3) is 22.3 Å². The van der Waals surface area contributed by atoms with Gasteiger partial charge in [0.15, 0.2) is 46.9 Å². The van der Waals surface area contributed by atoms with Crippen LogP contribution in [-0.2, 0) is 24.1 Å². The number of imidazole rings is 2. The number of anilines is 2. The van der Waals surface area contributed by atoms with E-state index in [9.17, 15) is 19.6 Å². The standard InChI is InChI=1S/C20H23F2N10O7PS2/c21-9-12(34)7(38-18(9)31-5-27-10-14(23)25-4-26-15(10)31)2-37-40(36,41)39-20(3-42-8(1-33)13(20)22)32-6-28-11-16(32)29-19(24)30-17(11)35/h4-9,12-13,18,33-34H,1-3H2,(H,36,41)(H2,23,25,26)(H3,24,29,30,35)/t7-,8-,9+,12-,13-,18-,20-,40?/m1/s1. The predicted molar refractivity (Wildman–Crippen MR) is 147 cm³/mol. The first-order valence-corrected chi connectivity index (χ1v) is 15.9. The van der Waals surface area contributed by atoms with E-state index in [1.807, 2.05) is 0 Å². The van der Waals surface area contributed by atoms with Gasteiger partial charge < -0.3 is 26.4 Å². The van der Waals surface area contributed by atoms with Crippen LogP contribution in [0.4, 0.5) is 20.5 Å². The van der Waals surface area contributed by atoms with Gasteiger partial charge >= 0.3 is 6.80 Å². The molecule has 2 saturated heterocycles. The predicted octanol–water partition coefficient (Wildman–Crippen LogP) is -0.110. The normalized spacial score (nSPS) is 31.3. The SMILES string of the molecule is Nc1nc2c(ncn2[C@@]2(OP(=O)(S)OC[C@H]3O[C@@H](n4cnc5c(N)ncnc54)[C@@H](F)[C@@H]3O)CS[C@H](CO)[C@H]2F)c(=O)[nH]1. The number of aromatic nitrogens is 8. The summed E-state index contributed by atoms with van der Waals surface area (Å²) in [6.45, 7) is -5.84. The third kappa shape index (κ3) is 4.73. The smallest absolute Gasteiger partial charge is 0.388 e. The minimum absolute atomic E-state index is 0.0579. The van der Waals surface area contributed by atoms with Crippen molar-refractivity contribution in [2.75, 3.05) is 30.4 Å². The quantitative estimate of drug-likeness (QED) is 0.108. The van der Waals surface area contributed by atoms with Crippen LogP contribution < -0.4 is 17.0 Å². The number of aliphatic hydroxyl groups is 2. The first-order chi connectivity index (χ1) is 20.0. The van der Waals surface area contributed by atoms with Crippen LogP contribution in [0.3, 0.4) is 0 Å². The zero-order valence-electron chi connectivity index (χ0n) is 21.1. The maximum Gasteiger partial charge on any atom is 0.388 e. The molecule has 4 aromatic rings. The Labute approximate surface area is 242 Å². The molecule has 2 fully saturated rings. The van der Waals surface area contributed by atoms with Gasteiger partial charge in [-0.15, -0.1) is 11.8 Å². The monoisotopic (exact) mass is 648 g/mol. The molecule has 0 saturated carbocycles. The molecule has 2 aliphatic rings. The topological polar surface area (TPSA) is 244 Å². The van der Waals surface area contributed by atoms with Crippen LogP contribution in [0.2, 0.25) is 0 Å². The van der Waals surface area contributed by atoms with Gasteiger partial charge in [-0.3, -0.25) is 28.0 Å². The second-order valence-corrected chi connectivity index (χ2v) is 13.5. The number of ether oxygens (including phenoxy) is 1. The fourth-order valence-electron chi connectivity index (χ4n) is 4.87. The van der Waals surface area contributed by atoms with Gasteiger partial charge in [-0.25, -0.2) is 33.3 Å². The molecule has 0 aromatic carbocycles. The number of rotatable bonds is 8. The van der Waals surface area contributed by atoms with Crippen molar-refractivity contribution in [2.24, 2.45) is 0 Å². The number of nitrogen functional groups attached to an aromatic ring is 2. The van der Waals surface area contributed by atoms with Crippen molar-refractivity contribution in [3.05, 3.63) is 29.3 Å². The molecule has 0 spiro atoms. The Morgan fingerprint density at radius 3 is 2.74 bits per heavy atom. The molecule has 0 aliphatic carbocycles. The Kier molecular flexibility index (Phi) is 7.41. The van der Waals surface area contributed by atoms with E-state index >= 15 is 8.78 Å². The lowest BCUT2D eigenvalue weighted by atomic mass is 10.1. The molecule has 0 radical (unpaired) electrons. The maximum absolute atomic E-state index is 15.9. The highest BCUT2D eigenvalue weighted by Crippen LogP contribution is 2.61. The third-order valence-electron chi connectivity index (χ3n) is 6.91. The average molecular weight is 649 g/mol. The lowest BCUT2D eigenvalue weighted by Crippen LogP contribution is -2.46. The summed E-state index contributed by atoms with van der Waals surface area (Å²) in [5, 5.41) is 19.2. The summed E-state index contributed by atoms with van der Waals surface area (Å²) in [7, 11) is 0. The molecule has 8 atom stereocenters. The van der Waals surface area contributed by atoms with Crippen LogP contribution in [0, 0.1) is 0 Å². The average Bonchev–Trinajstić information content (AvgIpc) is 3.70. The first kappa shape index (κ1) is 29.2. The fourth-order valence-corrected chi connectivity index (χ4v) is 7.92. The molecule has 6 rings (SSSR count). The van der Waals surface area contributed by atoms with E-state index in [4.69, 9.17) is 25.3 Å². The van der Waals surface area contributed by atoms with E-state index in [1.54, 1.807) is 0 Å². The van der Waals surface area contributed by atoms with Gasteiger partial charge in [0.25, 0.3) is 5.56 Å². The van der Waals surface area contributed by atoms with Gasteiger partial charge in [0.2, 0.25) is 5.95 Å². The maximum atomic E-state index is 15.9. The highest BCUT2D eigenvalue weighted by molar-refractivity contribution is 8.44. The molecular weight excluding hydrogens is 625 g/mol. The number of nitrogens with zero attached hydrogens (tertiary/aromatic N) is 7. The van der Waals surface area contributed by atoms with Gasteiger partial charge in [0.05, 0.1) is 31.1 Å². The minimum atomic E-state index is -4.55. The summed E-state index contributed by atoms with van der Waals surface area (Å²) < 4.78 is 63.5. The van der Waals surface area contributed by atoms with E-state index in [1.165, 1.54) is 10.9 Å². The Bertz CT molecular complexity index is 1760. The Morgan fingerprint density at radius 1 is 1.24 bits per heavy atom. The summed E-state index contributed by atoms with van der Waals surface area (Å²) in [4.78, 5) is 34.5. The lowest BCUT2D eigenvalue weighted by molar-refractivity contribution is -0.0696. The molecule has 2 aliphatic heterocycles. The largest absolute Gasteiger partial charge is 0.395 e. The number of alkyl halides is 2. The van der Waals surface area contributed by atoms with E-state index in [2.05, 4.69) is 42.2 Å². The van der Waals surface area contributed by atoms with Gasteiger partial charge in [-0.2, -0.15) is 4.98 Å². The Morgan fingerprint density at radius 2 is 2.00 bits per heavy atom. The summed E-state index contributed by atoms with van der Waals surface area (Å²) in [6.07, 6.45) is -5.11. The number of thiol groups is 1. The molecule has 22 heteroatoms. The second kappa shape index (κ2) is 10.7. The van der Waals surface area contributed by atoms with Crippen molar-refractivity contribution >= 4 is 64.9 Å². The van der Waals surface area contributed by atoms with E-state index < -0.39 is 67.3 Å². The Hall–Kier alpha value is -2.91. The molecule has 0 amide bonds. The highest BCUT2D eigenvalue weighted by atomic mass is 32.7. The molecule has 42 heavy (non-hydrogen) atoms. The van der Waals surface area contributed by atoms with Gasteiger partial charge in [0.1, 0.15) is 24.1 Å². The first-order valence-electron chi connectivity index (χ1n) is 12.1. The highest BCUT2D eigenvalue weighted by Gasteiger charge is 2.57. The van der Waals surface area contributed by atoms with Crippen LogP contribution in [0.1, 0.15) is 6.23 Å². The molecule has 7 N–H and O–H groups in total. The number of halogens is 2. The second-order valence-electron chi connectivity index (χ2n) is 9.46. The summed E-state index contributed by atoms with van der Waals surface area (Å²) in [5.41, 5.74) is 8.53. The third-order valence-corrected chi connectivity index (χ3v) is 9.92. The molecule has 17 nitrogen and oxygen atoms in total. The van der Waals surface area contributed by atoms with E-state index in [-0.39, 0.29) is 39.8 Å². The molecule has 226 valence electrons.